The molecule has 1 aromatic carbocycles. The number of carbonyl (C=O) groups excluding carboxylic acids is 2. The van der Waals surface area contributed by atoms with Crippen molar-refractivity contribution in [2.45, 2.75) is 26.3 Å². The number of thiocarbonyl (C=S) groups is 1. The molecular formula is C21H28N4O5S. The van der Waals surface area contributed by atoms with Crippen molar-refractivity contribution < 1.29 is 23.8 Å². The predicted molar refractivity (Wildman–Crippen MR) is 121 cm³/mol. The molecule has 0 radical (unpaired) electrons. The van der Waals surface area contributed by atoms with E-state index < -0.39 is 5.91 Å². The van der Waals surface area contributed by atoms with Crippen molar-refractivity contribution in [1.82, 2.24) is 15.6 Å². The minimum atomic E-state index is -0.496. The summed E-state index contributed by atoms with van der Waals surface area (Å²) in [5.74, 6) is 6.47. The quantitative estimate of drug-likeness (QED) is 0.329. The zero-order chi connectivity index (χ0) is 23.1. The topological polar surface area (TPSA) is 115 Å². The Balaban J connectivity index is 2.14. The number of rotatable bonds is 7. The van der Waals surface area contributed by atoms with Gasteiger partial charge in [0.15, 0.2) is 16.6 Å². The van der Waals surface area contributed by atoms with Crippen molar-refractivity contribution in [2.24, 2.45) is 11.8 Å². The van der Waals surface area contributed by atoms with Crippen molar-refractivity contribution in [3.05, 3.63) is 41.6 Å². The summed E-state index contributed by atoms with van der Waals surface area (Å²) >= 11 is 5.29. The number of nitrogens with two attached hydrogens (primary N) is 1. The number of ether oxygens (including phenoxy) is 3. The number of methoxy groups -OCH3 is 3. The molecule has 1 aromatic rings. The van der Waals surface area contributed by atoms with Gasteiger partial charge in [0.05, 0.1) is 33.1 Å². The normalized spacial score (nSPS) is 15.1. The number of amides is 2. The highest BCUT2D eigenvalue weighted by atomic mass is 32.1. The molecule has 0 bridgehead atoms. The van der Waals surface area contributed by atoms with Gasteiger partial charge in [0.2, 0.25) is 11.7 Å². The Kier molecular flexibility index (Phi) is 8.40. The van der Waals surface area contributed by atoms with Crippen LogP contribution in [0, 0.1) is 5.92 Å². The number of carbonyl (C=O) groups is 2. The summed E-state index contributed by atoms with van der Waals surface area (Å²) in [5.41, 5.74) is 0.802. The predicted octanol–water partition coefficient (Wildman–Crippen LogP) is 1.89. The molecule has 0 heterocycles. The summed E-state index contributed by atoms with van der Waals surface area (Å²) in [6, 6.07) is 2.81. The molecule has 10 heteroatoms. The molecule has 0 saturated heterocycles. The molecule has 0 saturated carbocycles. The van der Waals surface area contributed by atoms with Crippen molar-refractivity contribution >= 4 is 29.1 Å². The van der Waals surface area contributed by atoms with Crippen LogP contribution in [-0.4, -0.2) is 49.3 Å². The molecule has 1 aliphatic carbocycles. The highest BCUT2D eigenvalue weighted by Crippen LogP contribution is 2.38. The van der Waals surface area contributed by atoms with Crippen LogP contribution in [0.2, 0.25) is 0 Å². The van der Waals surface area contributed by atoms with E-state index in [1.54, 1.807) is 12.2 Å². The van der Waals surface area contributed by atoms with Crippen LogP contribution in [0.25, 0.3) is 0 Å². The number of hydrogen-bond donors (Lipinski definition) is 3. The molecule has 2 amide bonds. The molecule has 31 heavy (non-hydrogen) atoms. The van der Waals surface area contributed by atoms with Crippen LogP contribution in [0.4, 0.5) is 0 Å². The largest absolute Gasteiger partial charge is 0.493 e. The maximum Gasteiger partial charge on any atom is 0.257 e. The number of allylic oxidation sites excluding steroid dienone is 1. The lowest BCUT2D eigenvalue weighted by atomic mass is 10.1. The van der Waals surface area contributed by atoms with Gasteiger partial charge in [-0.05, 0) is 42.9 Å². The molecule has 1 unspecified atom stereocenters. The Morgan fingerprint density at radius 3 is 2.29 bits per heavy atom. The lowest BCUT2D eigenvalue weighted by Crippen LogP contribution is -2.47. The van der Waals surface area contributed by atoms with Crippen LogP contribution < -0.4 is 30.7 Å². The van der Waals surface area contributed by atoms with E-state index in [0.717, 1.165) is 0 Å². The zero-order valence-electron chi connectivity index (χ0n) is 18.2. The van der Waals surface area contributed by atoms with E-state index in [-0.39, 0.29) is 28.5 Å². The highest BCUT2D eigenvalue weighted by Gasteiger charge is 2.21. The third-order valence-corrected chi connectivity index (χ3v) is 4.85. The van der Waals surface area contributed by atoms with Crippen molar-refractivity contribution in [3.63, 3.8) is 0 Å². The van der Waals surface area contributed by atoms with Crippen LogP contribution in [0.15, 0.2) is 36.1 Å². The molecule has 0 aliphatic heterocycles. The number of hydrogen-bond acceptors (Lipinski definition) is 7. The lowest BCUT2D eigenvalue weighted by Gasteiger charge is -2.26. The summed E-state index contributed by atoms with van der Waals surface area (Å²) in [7, 11) is 4.40. The van der Waals surface area contributed by atoms with Crippen molar-refractivity contribution in [2.75, 3.05) is 21.3 Å². The second kappa shape index (κ2) is 10.8. The Morgan fingerprint density at radius 2 is 1.77 bits per heavy atom. The van der Waals surface area contributed by atoms with E-state index >= 15 is 0 Å². The third-order valence-electron chi connectivity index (χ3n) is 4.55. The Labute approximate surface area is 187 Å². The smallest absolute Gasteiger partial charge is 0.257 e. The van der Waals surface area contributed by atoms with Gasteiger partial charge < -0.3 is 19.5 Å². The summed E-state index contributed by atoms with van der Waals surface area (Å²) in [5, 5.41) is 6.68. The maximum atomic E-state index is 12.7. The minimum Gasteiger partial charge on any atom is -0.493 e. The second-order valence-electron chi connectivity index (χ2n) is 7.04. The highest BCUT2D eigenvalue weighted by molar-refractivity contribution is 7.80. The lowest BCUT2D eigenvalue weighted by molar-refractivity contribution is -0.124. The van der Waals surface area contributed by atoms with Gasteiger partial charge in [-0.15, -0.1) is 0 Å². The van der Waals surface area contributed by atoms with Gasteiger partial charge in [-0.25, -0.2) is 5.84 Å². The Hall–Kier alpha value is -3.11. The van der Waals surface area contributed by atoms with E-state index in [1.807, 2.05) is 19.9 Å². The summed E-state index contributed by atoms with van der Waals surface area (Å²) in [6.07, 6.45) is 6.08. The number of hydrazine groups is 1. The summed E-state index contributed by atoms with van der Waals surface area (Å²) in [4.78, 5) is 24.7. The van der Waals surface area contributed by atoms with Crippen LogP contribution in [0.3, 0.4) is 0 Å². The van der Waals surface area contributed by atoms with Gasteiger partial charge in [0.25, 0.3) is 5.91 Å². The first-order valence-electron chi connectivity index (χ1n) is 9.60. The summed E-state index contributed by atoms with van der Waals surface area (Å²) in [6.45, 7) is 3.64. The second-order valence-corrected chi connectivity index (χ2v) is 7.43. The zero-order valence-corrected chi connectivity index (χ0v) is 19.0. The number of nitrogens with zero attached hydrogens (tertiary/aromatic N) is 1. The van der Waals surface area contributed by atoms with Crippen LogP contribution in [-0.2, 0) is 4.79 Å². The first-order valence-corrected chi connectivity index (χ1v) is 10.0. The average Bonchev–Trinajstić information content (AvgIpc) is 2.77. The number of benzene rings is 1. The van der Waals surface area contributed by atoms with Gasteiger partial charge in [-0.3, -0.25) is 19.9 Å². The fraction of sp³-hybridized carbons (Fsp3) is 0.381. The van der Waals surface area contributed by atoms with E-state index in [9.17, 15) is 9.59 Å². The fourth-order valence-electron chi connectivity index (χ4n) is 2.83. The molecule has 1 atom stereocenters. The van der Waals surface area contributed by atoms with E-state index in [2.05, 4.69) is 10.6 Å². The van der Waals surface area contributed by atoms with Crippen LogP contribution in [0.5, 0.6) is 17.2 Å². The molecule has 9 nitrogen and oxygen atoms in total. The van der Waals surface area contributed by atoms with Crippen molar-refractivity contribution in [1.29, 1.82) is 0 Å². The molecule has 4 N–H and O–H groups in total. The Morgan fingerprint density at radius 1 is 1.16 bits per heavy atom. The first-order chi connectivity index (χ1) is 14.7. The van der Waals surface area contributed by atoms with Gasteiger partial charge in [-0.1, -0.05) is 19.9 Å². The molecular weight excluding hydrogens is 420 g/mol. The molecule has 0 fully saturated rings. The Bertz CT molecular complexity index is 888. The number of nitrogens with one attached hydrogen (secondary N) is 2. The SMILES string of the molecule is COc1cc(C(=O)NC(=S)N(N)C2=CC(NC(=O)C(C)C)CC=C2)cc(OC)c1OC. The molecule has 0 aromatic heterocycles. The average molecular weight is 449 g/mol. The van der Waals surface area contributed by atoms with Gasteiger partial charge in [0.1, 0.15) is 0 Å². The van der Waals surface area contributed by atoms with E-state index in [1.165, 1.54) is 38.5 Å². The van der Waals surface area contributed by atoms with Gasteiger partial charge in [0, 0.05) is 11.5 Å². The van der Waals surface area contributed by atoms with Crippen molar-refractivity contribution in [3.8, 4) is 17.2 Å². The minimum absolute atomic E-state index is 0.00881. The maximum absolute atomic E-state index is 12.7. The molecule has 168 valence electrons. The molecule has 2 rings (SSSR count). The molecule has 0 spiro atoms. The third kappa shape index (κ3) is 5.96. The van der Waals surface area contributed by atoms with Crippen LogP contribution in [0.1, 0.15) is 30.6 Å². The summed E-state index contributed by atoms with van der Waals surface area (Å²) < 4.78 is 15.8. The van der Waals surface area contributed by atoms with Crippen LogP contribution >= 0.6 is 12.2 Å². The van der Waals surface area contributed by atoms with E-state index in [4.69, 9.17) is 32.3 Å². The fourth-order valence-corrected chi connectivity index (χ4v) is 3.03. The van der Waals surface area contributed by atoms with E-state index in [0.29, 0.717) is 29.4 Å². The first kappa shape index (κ1) is 24.2. The standard InChI is InChI=1S/C21H28N4O5S/c1-12(2)19(26)23-14-7-6-8-15(11-14)25(22)21(31)24-20(27)13-9-16(28-3)18(30-5)17(10-13)29-4/h6,8-12,14H,7,22H2,1-5H3,(H,23,26)(H,24,27,31). The van der Waals surface area contributed by atoms with Gasteiger partial charge >= 0.3 is 0 Å². The monoisotopic (exact) mass is 448 g/mol. The van der Waals surface area contributed by atoms with Gasteiger partial charge in [-0.2, -0.15) is 0 Å². The molecule has 1 aliphatic rings.